The molecular weight excluding hydrogens is 506 g/mol. The summed E-state index contributed by atoms with van der Waals surface area (Å²) in [6.45, 7) is 0.708. The average Bonchev–Trinajstić information content (AvgIpc) is 3.21. The van der Waals surface area contributed by atoms with Crippen LogP contribution in [0.5, 0.6) is 5.75 Å². The van der Waals surface area contributed by atoms with E-state index < -0.39 is 5.92 Å². The van der Waals surface area contributed by atoms with Gasteiger partial charge in [-0.15, -0.1) is 0 Å². The fourth-order valence-electron chi connectivity index (χ4n) is 3.44. The van der Waals surface area contributed by atoms with Crippen LogP contribution in [0.15, 0.2) is 82.4 Å². The maximum atomic E-state index is 12.5. The lowest BCUT2D eigenvalue weighted by molar-refractivity contribution is -0.126. The number of ether oxygens (including phenoxy) is 1. The van der Waals surface area contributed by atoms with E-state index in [0.717, 1.165) is 21.3 Å². The molecule has 1 heterocycles. The van der Waals surface area contributed by atoms with E-state index in [1.807, 2.05) is 72.8 Å². The molecule has 0 unspecified atom stereocenters. The van der Waals surface area contributed by atoms with Crippen LogP contribution in [-0.2, 0) is 16.2 Å². The lowest BCUT2D eigenvalue weighted by Gasteiger charge is -2.16. The maximum Gasteiger partial charge on any atom is 0.245 e. The summed E-state index contributed by atoms with van der Waals surface area (Å²) in [5.41, 5.74) is 5.04. The summed E-state index contributed by atoms with van der Waals surface area (Å²) < 4.78 is 6.70. The molecule has 1 fully saturated rings. The van der Waals surface area contributed by atoms with E-state index in [-0.39, 0.29) is 18.2 Å². The third-order valence-corrected chi connectivity index (χ3v) is 6.15. The topological polar surface area (TPSA) is 71.0 Å². The number of amides is 2. The SMILES string of the molecule is O=C(N/N=C\c1ccc(OCc2ccccc2Cl)cc1)[C@H]1CC(=O)N(c2ccc(Br)cc2)C1. The molecule has 0 spiro atoms. The van der Waals surface area contributed by atoms with Crippen LogP contribution >= 0.6 is 27.5 Å². The summed E-state index contributed by atoms with van der Waals surface area (Å²) >= 11 is 9.52. The Balaban J connectivity index is 1.27. The molecule has 6 nitrogen and oxygen atoms in total. The molecule has 1 N–H and O–H groups in total. The van der Waals surface area contributed by atoms with Crippen molar-refractivity contribution in [2.24, 2.45) is 11.0 Å². The van der Waals surface area contributed by atoms with Gasteiger partial charge in [-0.05, 0) is 60.2 Å². The fraction of sp³-hybridized carbons (Fsp3) is 0.160. The molecule has 33 heavy (non-hydrogen) atoms. The van der Waals surface area contributed by atoms with Gasteiger partial charge in [-0.25, -0.2) is 5.43 Å². The molecular formula is C25H21BrClN3O3. The minimum atomic E-state index is -0.445. The third-order valence-electron chi connectivity index (χ3n) is 5.25. The van der Waals surface area contributed by atoms with E-state index in [2.05, 4.69) is 26.5 Å². The van der Waals surface area contributed by atoms with Gasteiger partial charge < -0.3 is 9.64 Å². The Morgan fingerprint density at radius 1 is 1.12 bits per heavy atom. The number of hydrazone groups is 1. The largest absolute Gasteiger partial charge is 0.489 e. The van der Waals surface area contributed by atoms with Crippen molar-refractivity contribution >= 4 is 51.2 Å². The van der Waals surface area contributed by atoms with Gasteiger partial charge >= 0.3 is 0 Å². The molecule has 3 aromatic carbocycles. The smallest absolute Gasteiger partial charge is 0.245 e. The Morgan fingerprint density at radius 3 is 2.58 bits per heavy atom. The number of hydrogen-bond donors (Lipinski definition) is 1. The number of carbonyl (C=O) groups is 2. The van der Waals surface area contributed by atoms with Crippen molar-refractivity contribution in [3.8, 4) is 5.75 Å². The maximum absolute atomic E-state index is 12.5. The third kappa shape index (κ3) is 6.00. The Hall–Kier alpha value is -3.16. The molecule has 1 aliphatic rings. The minimum Gasteiger partial charge on any atom is -0.489 e. The van der Waals surface area contributed by atoms with Gasteiger partial charge in [0, 0.05) is 33.7 Å². The number of halogens is 2. The first-order valence-electron chi connectivity index (χ1n) is 10.3. The molecule has 1 atom stereocenters. The Kier molecular flexibility index (Phi) is 7.42. The van der Waals surface area contributed by atoms with Crippen LogP contribution in [0.25, 0.3) is 0 Å². The van der Waals surface area contributed by atoms with Gasteiger partial charge in [-0.3, -0.25) is 9.59 Å². The summed E-state index contributed by atoms with van der Waals surface area (Å²) in [5, 5.41) is 4.70. The van der Waals surface area contributed by atoms with E-state index >= 15 is 0 Å². The van der Waals surface area contributed by atoms with Gasteiger partial charge in [0.2, 0.25) is 11.8 Å². The van der Waals surface area contributed by atoms with Crippen molar-refractivity contribution < 1.29 is 14.3 Å². The van der Waals surface area contributed by atoms with Gasteiger partial charge in [0.05, 0.1) is 12.1 Å². The second kappa shape index (κ2) is 10.6. The van der Waals surface area contributed by atoms with Gasteiger partial charge in [-0.2, -0.15) is 5.10 Å². The minimum absolute atomic E-state index is 0.0752. The van der Waals surface area contributed by atoms with Crippen molar-refractivity contribution in [1.82, 2.24) is 5.43 Å². The Morgan fingerprint density at radius 2 is 1.85 bits per heavy atom. The van der Waals surface area contributed by atoms with Crippen molar-refractivity contribution in [2.75, 3.05) is 11.4 Å². The second-order valence-electron chi connectivity index (χ2n) is 7.57. The molecule has 8 heteroatoms. The summed E-state index contributed by atoms with van der Waals surface area (Å²) in [6.07, 6.45) is 1.72. The first-order chi connectivity index (χ1) is 16.0. The standard InChI is InChI=1S/C25H21BrClN3O3/c26-20-7-9-21(10-8-20)30-15-19(13-24(30)31)25(32)29-28-14-17-5-11-22(12-6-17)33-16-18-3-1-2-4-23(18)27/h1-12,14,19H,13,15-16H2,(H,29,32)/b28-14-/t19-/m0/s1. The molecule has 3 aromatic rings. The second-order valence-corrected chi connectivity index (χ2v) is 8.89. The Bertz CT molecular complexity index is 1170. The monoisotopic (exact) mass is 525 g/mol. The normalized spacial score (nSPS) is 15.8. The zero-order chi connectivity index (χ0) is 23.2. The van der Waals surface area contributed by atoms with Crippen LogP contribution < -0.4 is 15.1 Å². The van der Waals surface area contributed by atoms with Gasteiger partial charge in [-0.1, -0.05) is 45.7 Å². The van der Waals surface area contributed by atoms with E-state index in [9.17, 15) is 9.59 Å². The number of hydrogen-bond acceptors (Lipinski definition) is 4. The average molecular weight is 527 g/mol. The Labute approximate surface area is 205 Å². The zero-order valence-electron chi connectivity index (χ0n) is 17.6. The molecule has 0 radical (unpaired) electrons. The predicted octanol–water partition coefficient (Wildman–Crippen LogP) is 5.18. The van der Waals surface area contributed by atoms with E-state index in [1.54, 1.807) is 11.1 Å². The molecule has 4 rings (SSSR count). The van der Waals surface area contributed by atoms with E-state index in [4.69, 9.17) is 16.3 Å². The van der Waals surface area contributed by atoms with Gasteiger partial charge in [0.25, 0.3) is 0 Å². The molecule has 0 bridgehead atoms. The lowest BCUT2D eigenvalue weighted by Crippen LogP contribution is -2.30. The van der Waals surface area contributed by atoms with Crippen molar-refractivity contribution in [3.05, 3.63) is 93.4 Å². The first kappa shape index (κ1) is 23.0. The molecule has 168 valence electrons. The van der Waals surface area contributed by atoms with Crippen LogP contribution in [0.2, 0.25) is 5.02 Å². The summed E-state index contributed by atoms with van der Waals surface area (Å²) in [5.74, 6) is -0.0970. The highest BCUT2D eigenvalue weighted by Gasteiger charge is 2.35. The van der Waals surface area contributed by atoms with E-state index in [1.165, 1.54) is 0 Å². The number of benzene rings is 3. The summed E-state index contributed by atoms with van der Waals surface area (Å²) in [7, 11) is 0. The number of nitrogens with zero attached hydrogens (tertiary/aromatic N) is 2. The molecule has 1 saturated heterocycles. The van der Waals surface area contributed by atoms with Crippen LogP contribution in [0.4, 0.5) is 5.69 Å². The number of anilines is 1. The van der Waals surface area contributed by atoms with Crippen molar-refractivity contribution in [1.29, 1.82) is 0 Å². The molecule has 0 aliphatic carbocycles. The van der Waals surface area contributed by atoms with Crippen LogP contribution in [-0.4, -0.2) is 24.6 Å². The van der Waals surface area contributed by atoms with Gasteiger partial charge in [0.1, 0.15) is 12.4 Å². The number of rotatable bonds is 7. The van der Waals surface area contributed by atoms with Crippen LogP contribution in [0, 0.1) is 5.92 Å². The lowest BCUT2D eigenvalue weighted by atomic mass is 10.1. The first-order valence-corrected chi connectivity index (χ1v) is 11.5. The van der Waals surface area contributed by atoms with Crippen molar-refractivity contribution in [3.63, 3.8) is 0 Å². The molecule has 0 aromatic heterocycles. The summed E-state index contributed by atoms with van der Waals surface area (Å²) in [6, 6.07) is 22.3. The van der Waals surface area contributed by atoms with Gasteiger partial charge in [0.15, 0.2) is 0 Å². The number of carbonyl (C=O) groups excluding carboxylic acids is 2. The van der Waals surface area contributed by atoms with Crippen LogP contribution in [0.3, 0.4) is 0 Å². The van der Waals surface area contributed by atoms with Crippen molar-refractivity contribution in [2.45, 2.75) is 13.0 Å². The van der Waals surface area contributed by atoms with Crippen LogP contribution in [0.1, 0.15) is 17.5 Å². The highest BCUT2D eigenvalue weighted by Crippen LogP contribution is 2.26. The predicted molar refractivity (Wildman–Crippen MR) is 133 cm³/mol. The fourth-order valence-corrected chi connectivity index (χ4v) is 3.90. The molecule has 1 aliphatic heterocycles. The molecule has 0 saturated carbocycles. The van der Waals surface area contributed by atoms with E-state index in [0.29, 0.717) is 23.9 Å². The number of nitrogens with one attached hydrogen (secondary N) is 1. The summed E-state index contributed by atoms with van der Waals surface area (Å²) in [4.78, 5) is 26.4. The highest BCUT2D eigenvalue weighted by molar-refractivity contribution is 9.10. The highest BCUT2D eigenvalue weighted by atomic mass is 79.9. The quantitative estimate of drug-likeness (QED) is 0.340. The zero-order valence-corrected chi connectivity index (χ0v) is 19.9. The molecule has 2 amide bonds.